The molecule has 0 aromatic carbocycles. The Balaban J connectivity index is 3.80. The average molecular weight is 160 g/mol. The molecule has 0 heterocycles. The van der Waals surface area contributed by atoms with E-state index in [1.54, 1.807) is 13.0 Å². The summed E-state index contributed by atoms with van der Waals surface area (Å²) in [6.07, 6.45) is 1.98. The molecule has 4 heteroatoms. The number of carbonyl (C=O) groups excluding carboxylic acids is 1. The standard InChI is InChI=1S/C7H12O4/c1-6(3-2-4-8)7(10)11-5-9/h3,8-9H,2,4-5H2,1H3. The Morgan fingerprint density at radius 3 is 2.64 bits per heavy atom. The lowest BCUT2D eigenvalue weighted by Crippen LogP contribution is -2.06. The average Bonchev–Trinajstić information content (AvgIpc) is 2.00. The van der Waals surface area contributed by atoms with E-state index in [0.29, 0.717) is 12.0 Å². The third kappa shape index (κ3) is 4.52. The van der Waals surface area contributed by atoms with E-state index in [1.807, 2.05) is 0 Å². The van der Waals surface area contributed by atoms with Gasteiger partial charge in [-0.2, -0.15) is 0 Å². The highest BCUT2D eigenvalue weighted by molar-refractivity contribution is 5.87. The van der Waals surface area contributed by atoms with Gasteiger partial charge in [-0.1, -0.05) is 6.08 Å². The fourth-order valence-electron chi connectivity index (χ4n) is 0.537. The SMILES string of the molecule is CC(=CCCO)C(=O)OCO. The van der Waals surface area contributed by atoms with Gasteiger partial charge in [-0.15, -0.1) is 0 Å². The lowest BCUT2D eigenvalue weighted by molar-refractivity contribution is -0.146. The Morgan fingerprint density at radius 2 is 2.18 bits per heavy atom. The van der Waals surface area contributed by atoms with E-state index in [0.717, 1.165) is 0 Å². The van der Waals surface area contributed by atoms with Crippen LogP contribution in [0.15, 0.2) is 11.6 Å². The van der Waals surface area contributed by atoms with Crippen molar-refractivity contribution in [2.45, 2.75) is 13.3 Å². The Hall–Kier alpha value is -0.870. The molecule has 2 N–H and O–H groups in total. The number of aliphatic hydroxyl groups is 2. The van der Waals surface area contributed by atoms with E-state index in [1.165, 1.54) is 0 Å². The minimum atomic E-state index is -0.608. The zero-order chi connectivity index (χ0) is 8.69. The molecule has 0 saturated carbocycles. The third-order valence-electron chi connectivity index (χ3n) is 1.10. The zero-order valence-corrected chi connectivity index (χ0v) is 6.41. The van der Waals surface area contributed by atoms with E-state index in [9.17, 15) is 4.79 Å². The van der Waals surface area contributed by atoms with Crippen molar-refractivity contribution in [3.8, 4) is 0 Å². The van der Waals surface area contributed by atoms with Gasteiger partial charge in [0.05, 0.1) is 0 Å². The van der Waals surface area contributed by atoms with Crippen LogP contribution < -0.4 is 0 Å². The molecule has 0 aromatic rings. The molecule has 0 unspecified atom stereocenters. The number of carbonyl (C=O) groups is 1. The molecule has 4 nitrogen and oxygen atoms in total. The summed E-state index contributed by atoms with van der Waals surface area (Å²) < 4.78 is 4.27. The van der Waals surface area contributed by atoms with Crippen molar-refractivity contribution >= 4 is 5.97 Å². The molecule has 11 heavy (non-hydrogen) atoms. The van der Waals surface area contributed by atoms with E-state index in [4.69, 9.17) is 10.2 Å². The molecule has 0 radical (unpaired) electrons. The molecule has 0 bridgehead atoms. The van der Waals surface area contributed by atoms with Crippen molar-refractivity contribution in [1.82, 2.24) is 0 Å². The van der Waals surface area contributed by atoms with Gasteiger partial charge in [0, 0.05) is 12.2 Å². The molecule has 0 aromatic heterocycles. The van der Waals surface area contributed by atoms with Crippen molar-refractivity contribution < 1.29 is 19.7 Å². The van der Waals surface area contributed by atoms with Gasteiger partial charge in [-0.05, 0) is 13.3 Å². The summed E-state index contributed by atoms with van der Waals surface area (Å²) in [6.45, 7) is 0.959. The molecule has 0 rings (SSSR count). The van der Waals surface area contributed by atoms with Crippen molar-refractivity contribution in [1.29, 1.82) is 0 Å². The molecular weight excluding hydrogens is 148 g/mol. The molecule has 0 amide bonds. The summed E-state index contributed by atoms with van der Waals surface area (Å²) in [4.78, 5) is 10.7. The van der Waals surface area contributed by atoms with Crippen LogP contribution in [0, 0.1) is 0 Å². The predicted octanol–water partition coefficient (Wildman–Crippen LogP) is -0.192. The summed E-state index contributed by atoms with van der Waals surface area (Å²) >= 11 is 0. The van der Waals surface area contributed by atoms with Gasteiger partial charge in [0.2, 0.25) is 0 Å². The van der Waals surface area contributed by atoms with Crippen LogP contribution in [-0.2, 0) is 9.53 Å². The Kier molecular flexibility index (Phi) is 5.42. The summed E-state index contributed by atoms with van der Waals surface area (Å²) in [6, 6.07) is 0. The zero-order valence-electron chi connectivity index (χ0n) is 6.41. The Bertz CT molecular complexity index is 151. The monoisotopic (exact) mass is 160 g/mol. The van der Waals surface area contributed by atoms with Gasteiger partial charge in [-0.25, -0.2) is 4.79 Å². The summed E-state index contributed by atoms with van der Waals surface area (Å²) in [7, 11) is 0. The fraction of sp³-hybridized carbons (Fsp3) is 0.571. The second kappa shape index (κ2) is 5.88. The normalized spacial score (nSPS) is 11.4. The van der Waals surface area contributed by atoms with Crippen molar-refractivity contribution in [3.05, 3.63) is 11.6 Å². The number of hydrogen-bond acceptors (Lipinski definition) is 4. The second-order valence-corrected chi connectivity index (χ2v) is 1.96. The smallest absolute Gasteiger partial charge is 0.335 e. The molecule has 0 atom stereocenters. The Labute approximate surface area is 65.1 Å². The largest absolute Gasteiger partial charge is 0.435 e. The van der Waals surface area contributed by atoms with Crippen LogP contribution >= 0.6 is 0 Å². The minimum Gasteiger partial charge on any atom is -0.435 e. The van der Waals surface area contributed by atoms with Crippen LogP contribution in [-0.4, -0.2) is 29.6 Å². The molecule has 64 valence electrons. The van der Waals surface area contributed by atoms with E-state index >= 15 is 0 Å². The maximum Gasteiger partial charge on any atom is 0.335 e. The maximum atomic E-state index is 10.7. The molecule has 0 aliphatic heterocycles. The quantitative estimate of drug-likeness (QED) is 0.340. The summed E-state index contributed by atoms with van der Waals surface area (Å²) in [5, 5.41) is 16.6. The molecule has 0 aliphatic rings. The van der Waals surface area contributed by atoms with E-state index in [2.05, 4.69) is 4.74 Å². The predicted molar refractivity (Wildman–Crippen MR) is 38.6 cm³/mol. The lowest BCUT2D eigenvalue weighted by atomic mass is 10.2. The van der Waals surface area contributed by atoms with E-state index in [-0.39, 0.29) is 6.61 Å². The van der Waals surface area contributed by atoms with Gasteiger partial charge < -0.3 is 14.9 Å². The third-order valence-corrected chi connectivity index (χ3v) is 1.10. The number of esters is 1. The first-order chi connectivity index (χ1) is 5.22. The summed E-state index contributed by atoms with van der Waals surface area (Å²) in [5.74, 6) is -0.555. The molecule has 0 aliphatic carbocycles. The minimum absolute atomic E-state index is 0.00372. The van der Waals surface area contributed by atoms with Gasteiger partial charge in [0.1, 0.15) is 0 Å². The Morgan fingerprint density at radius 1 is 1.55 bits per heavy atom. The van der Waals surface area contributed by atoms with E-state index < -0.39 is 12.8 Å². The molecule has 0 fully saturated rings. The number of rotatable bonds is 4. The molecular formula is C7H12O4. The lowest BCUT2D eigenvalue weighted by Gasteiger charge is -1.99. The van der Waals surface area contributed by atoms with Crippen LogP contribution in [0.3, 0.4) is 0 Å². The maximum absolute atomic E-state index is 10.7. The van der Waals surface area contributed by atoms with Gasteiger partial charge in [0.15, 0.2) is 6.79 Å². The first-order valence-electron chi connectivity index (χ1n) is 3.28. The van der Waals surface area contributed by atoms with Crippen LogP contribution in [0.4, 0.5) is 0 Å². The highest BCUT2D eigenvalue weighted by Gasteiger charge is 2.02. The number of hydrogen-bond donors (Lipinski definition) is 2. The fourth-order valence-corrected chi connectivity index (χ4v) is 0.537. The van der Waals surface area contributed by atoms with Crippen molar-refractivity contribution in [3.63, 3.8) is 0 Å². The topological polar surface area (TPSA) is 66.8 Å². The van der Waals surface area contributed by atoms with Crippen LogP contribution in [0.25, 0.3) is 0 Å². The second-order valence-electron chi connectivity index (χ2n) is 1.96. The van der Waals surface area contributed by atoms with Crippen LogP contribution in [0.1, 0.15) is 13.3 Å². The van der Waals surface area contributed by atoms with Gasteiger partial charge in [0.25, 0.3) is 0 Å². The molecule has 0 saturated heterocycles. The molecule has 0 spiro atoms. The highest BCUT2D eigenvalue weighted by Crippen LogP contribution is 1.97. The van der Waals surface area contributed by atoms with Crippen molar-refractivity contribution in [2.75, 3.05) is 13.4 Å². The number of ether oxygens (including phenoxy) is 1. The van der Waals surface area contributed by atoms with Crippen molar-refractivity contribution in [2.24, 2.45) is 0 Å². The first-order valence-corrected chi connectivity index (χ1v) is 3.28. The first kappa shape index (κ1) is 10.1. The highest BCUT2D eigenvalue weighted by atomic mass is 16.6. The van der Waals surface area contributed by atoms with Gasteiger partial charge in [-0.3, -0.25) is 0 Å². The van der Waals surface area contributed by atoms with Gasteiger partial charge >= 0.3 is 5.97 Å². The summed E-state index contributed by atoms with van der Waals surface area (Å²) in [5.41, 5.74) is 0.396. The van der Waals surface area contributed by atoms with Crippen LogP contribution in [0.5, 0.6) is 0 Å². The number of aliphatic hydroxyl groups excluding tert-OH is 2. The van der Waals surface area contributed by atoms with Crippen LogP contribution in [0.2, 0.25) is 0 Å².